The lowest BCUT2D eigenvalue weighted by molar-refractivity contribution is 0.112. The van der Waals surface area contributed by atoms with Crippen LogP contribution < -0.4 is 5.73 Å². The Bertz CT molecular complexity index is 383. The number of aromatic nitrogens is 1. The molecule has 17 heavy (non-hydrogen) atoms. The van der Waals surface area contributed by atoms with Gasteiger partial charge < -0.3 is 10.6 Å². The monoisotopic (exact) mass is 383 g/mol. The zero-order valence-electron chi connectivity index (χ0n) is 9.89. The van der Waals surface area contributed by atoms with E-state index in [1.807, 2.05) is 0 Å². The number of nitrogens with two attached hydrogens (primary N) is 1. The van der Waals surface area contributed by atoms with Gasteiger partial charge in [-0.2, -0.15) is 0 Å². The van der Waals surface area contributed by atoms with Crippen molar-refractivity contribution in [3.8, 4) is 0 Å². The lowest BCUT2D eigenvalue weighted by atomic mass is 9.80. The van der Waals surface area contributed by atoms with Gasteiger partial charge in [0.05, 0.1) is 5.69 Å². The molecule has 0 unspecified atom stereocenters. The molecular weight excluding hydrogens is 366 g/mol. The molecule has 0 aromatic carbocycles. The smallest absolute Gasteiger partial charge is 0.180 e. The van der Waals surface area contributed by atoms with E-state index in [0.29, 0.717) is 0 Å². The molecule has 1 saturated heterocycles. The number of nitrogen functional groups attached to an aromatic ring is 1. The first-order valence-corrected chi connectivity index (χ1v) is 6.50. The highest BCUT2D eigenvalue weighted by Crippen LogP contribution is 2.36. The van der Waals surface area contributed by atoms with E-state index in [9.17, 15) is 0 Å². The van der Waals surface area contributed by atoms with E-state index in [0.717, 1.165) is 23.5 Å². The summed E-state index contributed by atoms with van der Waals surface area (Å²) in [6.45, 7) is 1.25. The summed E-state index contributed by atoms with van der Waals surface area (Å²) in [5.74, 6) is 0.817. The number of halogens is 2. The van der Waals surface area contributed by atoms with E-state index in [1.54, 1.807) is 11.3 Å². The van der Waals surface area contributed by atoms with Gasteiger partial charge in [-0.1, -0.05) is 0 Å². The Morgan fingerprint density at radius 1 is 1.35 bits per heavy atom. The molecule has 6 heteroatoms. The van der Waals surface area contributed by atoms with Crippen LogP contribution >= 0.6 is 45.3 Å². The molecule has 1 aromatic heterocycles. The molecule has 2 N–H and O–H groups in total. The minimum atomic E-state index is 0. The summed E-state index contributed by atoms with van der Waals surface area (Å²) in [7, 11) is 2.26. The molecule has 0 spiro atoms. The SMILES string of the molecule is Br.Br.CN1CCC[C@H]2Cc3nc(N)sc3C[C@@H]21. The van der Waals surface area contributed by atoms with Crippen LogP contribution in [-0.4, -0.2) is 29.5 Å². The van der Waals surface area contributed by atoms with Gasteiger partial charge in [-0.05, 0) is 45.2 Å². The van der Waals surface area contributed by atoms with Crippen LogP contribution in [0.2, 0.25) is 0 Å². The zero-order chi connectivity index (χ0) is 10.4. The van der Waals surface area contributed by atoms with Crippen molar-refractivity contribution in [3.63, 3.8) is 0 Å². The van der Waals surface area contributed by atoms with Gasteiger partial charge in [0.2, 0.25) is 0 Å². The van der Waals surface area contributed by atoms with Crippen molar-refractivity contribution in [2.45, 2.75) is 31.7 Å². The quantitative estimate of drug-likeness (QED) is 0.747. The van der Waals surface area contributed by atoms with Crippen molar-refractivity contribution in [1.82, 2.24) is 9.88 Å². The topological polar surface area (TPSA) is 42.2 Å². The van der Waals surface area contributed by atoms with Crippen LogP contribution in [0.4, 0.5) is 5.13 Å². The molecule has 1 aromatic rings. The summed E-state index contributed by atoms with van der Waals surface area (Å²) in [6, 6.07) is 0.742. The van der Waals surface area contributed by atoms with E-state index in [-0.39, 0.29) is 34.0 Å². The number of fused-ring (bicyclic) bond motifs is 2. The van der Waals surface area contributed by atoms with Crippen molar-refractivity contribution >= 4 is 50.4 Å². The zero-order valence-corrected chi connectivity index (χ0v) is 14.1. The Labute approximate surface area is 127 Å². The summed E-state index contributed by atoms with van der Waals surface area (Å²) in [5.41, 5.74) is 7.06. The average molecular weight is 385 g/mol. The fourth-order valence-electron chi connectivity index (χ4n) is 3.04. The van der Waals surface area contributed by atoms with Crippen LogP contribution in [0, 0.1) is 5.92 Å². The van der Waals surface area contributed by atoms with Crippen molar-refractivity contribution < 1.29 is 0 Å². The highest BCUT2D eigenvalue weighted by Gasteiger charge is 2.35. The first-order valence-electron chi connectivity index (χ1n) is 5.68. The number of hydrogen-bond acceptors (Lipinski definition) is 4. The lowest BCUT2D eigenvalue weighted by Gasteiger charge is -2.41. The highest BCUT2D eigenvalue weighted by molar-refractivity contribution is 8.93. The molecule has 1 aliphatic carbocycles. The number of hydrogen-bond donors (Lipinski definition) is 1. The molecule has 2 heterocycles. The van der Waals surface area contributed by atoms with Crippen LogP contribution in [0.1, 0.15) is 23.4 Å². The summed E-state index contributed by atoms with van der Waals surface area (Å²) in [6.07, 6.45) is 5.03. The van der Waals surface area contributed by atoms with E-state index >= 15 is 0 Å². The van der Waals surface area contributed by atoms with Crippen molar-refractivity contribution in [1.29, 1.82) is 0 Å². The molecule has 0 amide bonds. The maximum atomic E-state index is 5.78. The predicted octanol–water partition coefficient (Wildman–Crippen LogP) is 2.69. The first kappa shape index (κ1) is 15.4. The van der Waals surface area contributed by atoms with Gasteiger partial charge in [0.15, 0.2) is 5.13 Å². The molecule has 1 fully saturated rings. The van der Waals surface area contributed by atoms with E-state index in [2.05, 4.69) is 16.9 Å². The second-order valence-electron chi connectivity index (χ2n) is 4.78. The lowest BCUT2D eigenvalue weighted by Crippen LogP contribution is -2.46. The summed E-state index contributed by atoms with van der Waals surface area (Å²) < 4.78 is 0. The molecule has 3 rings (SSSR count). The van der Waals surface area contributed by atoms with E-state index in [4.69, 9.17) is 5.73 Å². The molecule has 98 valence electrons. The molecule has 0 bridgehead atoms. The molecule has 3 nitrogen and oxygen atoms in total. The number of likely N-dealkylation sites (N-methyl/N-ethyl adjacent to an activating group) is 1. The third-order valence-electron chi connectivity index (χ3n) is 3.84. The number of nitrogens with zero attached hydrogens (tertiary/aromatic N) is 2. The van der Waals surface area contributed by atoms with Crippen LogP contribution in [0.3, 0.4) is 0 Å². The molecule has 0 saturated carbocycles. The van der Waals surface area contributed by atoms with Gasteiger partial charge >= 0.3 is 0 Å². The van der Waals surface area contributed by atoms with Crippen molar-refractivity contribution in [2.75, 3.05) is 19.3 Å². The fourth-order valence-corrected chi connectivity index (χ4v) is 3.95. The summed E-state index contributed by atoms with van der Waals surface area (Å²) in [5, 5.41) is 0.751. The highest BCUT2D eigenvalue weighted by atomic mass is 79.9. The van der Waals surface area contributed by atoms with E-state index < -0.39 is 0 Å². The minimum absolute atomic E-state index is 0. The molecule has 0 radical (unpaired) electrons. The first-order chi connectivity index (χ1) is 7.24. The van der Waals surface area contributed by atoms with Crippen molar-refractivity contribution in [2.24, 2.45) is 5.92 Å². The largest absolute Gasteiger partial charge is 0.375 e. The predicted molar refractivity (Wildman–Crippen MR) is 83.7 cm³/mol. The van der Waals surface area contributed by atoms with Gasteiger partial charge in [0.25, 0.3) is 0 Å². The Balaban J connectivity index is 0.000000722. The maximum absolute atomic E-state index is 5.78. The number of piperidine rings is 1. The van der Waals surface area contributed by atoms with Gasteiger partial charge in [-0.15, -0.1) is 45.3 Å². The number of thiazole rings is 1. The van der Waals surface area contributed by atoms with Crippen LogP contribution in [0.5, 0.6) is 0 Å². The Morgan fingerprint density at radius 3 is 2.88 bits per heavy atom. The van der Waals surface area contributed by atoms with Gasteiger partial charge in [-0.25, -0.2) is 4.98 Å². The maximum Gasteiger partial charge on any atom is 0.180 e. The standard InChI is InChI=1S/C11H17N3S.2BrH/c1-14-4-2-3-7-5-8-10(6-9(7)14)15-11(12)13-8;;/h7,9H,2-6H2,1H3,(H2,12,13);2*1H/t7-,9-;;/m0../s1. The minimum Gasteiger partial charge on any atom is -0.375 e. The molecule has 2 atom stereocenters. The second kappa shape index (κ2) is 5.99. The van der Waals surface area contributed by atoms with Crippen molar-refractivity contribution in [3.05, 3.63) is 10.6 Å². The second-order valence-corrected chi connectivity index (χ2v) is 5.90. The van der Waals surface area contributed by atoms with Gasteiger partial charge in [0, 0.05) is 10.9 Å². The average Bonchev–Trinajstić information content (AvgIpc) is 2.55. The number of anilines is 1. The molecule has 1 aliphatic heterocycles. The van der Waals surface area contributed by atoms with Crippen LogP contribution in [-0.2, 0) is 12.8 Å². The Kier molecular flexibility index (Phi) is 5.43. The molecular formula is C11H19Br2N3S. The third-order valence-corrected chi connectivity index (χ3v) is 4.79. The van der Waals surface area contributed by atoms with Gasteiger partial charge in [-0.3, -0.25) is 0 Å². The normalized spacial score (nSPS) is 27.4. The number of rotatable bonds is 0. The molecule has 2 aliphatic rings. The van der Waals surface area contributed by atoms with Crippen LogP contribution in [0.25, 0.3) is 0 Å². The summed E-state index contributed by atoms with van der Waals surface area (Å²) >= 11 is 1.69. The summed E-state index contributed by atoms with van der Waals surface area (Å²) in [4.78, 5) is 8.40. The van der Waals surface area contributed by atoms with E-state index in [1.165, 1.54) is 36.4 Å². The fraction of sp³-hybridized carbons (Fsp3) is 0.727. The van der Waals surface area contributed by atoms with Gasteiger partial charge in [0.1, 0.15) is 0 Å². The number of likely N-dealkylation sites (tertiary alicyclic amines) is 1. The van der Waals surface area contributed by atoms with Crippen LogP contribution in [0.15, 0.2) is 0 Å². The Hall–Kier alpha value is 0.350. The third kappa shape index (κ3) is 2.85. The Morgan fingerprint density at radius 2 is 2.12 bits per heavy atom.